The molecule has 0 spiro atoms. The molecule has 1 aromatic rings. The van der Waals surface area contributed by atoms with Crippen molar-refractivity contribution in [1.82, 2.24) is 5.01 Å². The molecule has 2 rings (SSSR count). The number of halogens is 1. The minimum Gasteiger partial charge on any atom is -0.481 e. The number of rotatable bonds is 5. The number of carbonyl (C=O) groups excluding carboxylic acids is 2. The van der Waals surface area contributed by atoms with E-state index in [0.29, 0.717) is 20.3 Å². The number of hydrogen-bond donors (Lipinski definition) is 0. The first kappa shape index (κ1) is 16.9. The second-order valence-corrected chi connectivity index (χ2v) is 6.52. The Kier molecular flexibility index (Phi) is 5.92. The van der Waals surface area contributed by atoms with Gasteiger partial charge < -0.3 is 9.47 Å². The Morgan fingerprint density at radius 3 is 2.95 bits per heavy atom. The van der Waals surface area contributed by atoms with E-state index in [0.717, 1.165) is 5.56 Å². The number of hydrazone groups is 1. The molecule has 1 aromatic carbocycles. The van der Waals surface area contributed by atoms with Crippen LogP contribution < -0.4 is 4.74 Å². The molecule has 1 aliphatic rings. The SMILES string of the molecule is COC(=O)COc1ccc(/C=N/N2C(=O)CSC2=S)cc1Br. The number of amides is 1. The number of thiocarbonyl (C=S) groups is 1. The Balaban J connectivity index is 2.04. The first-order valence-electron chi connectivity index (χ1n) is 6.04. The lowest BCUT2D eigenvalue weighted by Crippen LogP contribution is -2.22. The smallest absolute Gasteiger partial charge is 0.343 e. The molecule has 0 N–H and O–H groups in total. The number of esters is 1. The molecule has 0 aliphatic carbocycles. The van der Waals surface area contributed by atoms with Crippen molar-refractivity contribution in [3.63, 3.8) is 0 Å². The lowest BCUT2D eigenvalue weighted by atomic mass is 10.2. The van der Waals surface area contributed by atoms with E-state index >= 15 is 0 Å². The average molecular weight is 403 g/mol. The Labute approximate surface area is 145 Å². The van der Waals surface area contributed by atoms with Crippen molar-refractivity contribution in [3.05, 3.63) is 28.2 Å². The van der Waals surface area contributed by atoms with Gasteiger partial charge in [-0.3, -0.25) is 4.79 Å². The zero-order chi connectivity index (χ0) is 16.1. The molecule has 0 aromatic heterocycles. The minimum absolute atomic E-state index is 0.136. The van der Waals surface area contributed by atoms with Crippen molar-refractivity contribution >= 4 is 62.3 Å². The molecular formula is C13H11BrN2O4S2. The van der Waals surface area contributed by atoms with Crippen molar-refractivity contribution in [2.45, 2.75) is 0 Å². The number of nitrogens with zero attached hydrogens (tertiary/aromatic N) is 2. The maximum atomic E-state index is 11.5. The largest absolute Gasteiger partial charge is 0.481 e. The van der Waals surface area contributed by atoms with E-state index in [1.165, 1.54) is 30.1 Å². The van der Waals surface area contributed by atoms with Gasteiger partial charge in [-0.15, -0.1) is 0 Å². The summed E-state index contributed by atoms with van der Waals surface area (Å²) in [5.41, 5.74) is 0.754. The molecule has 1 heterocycles. The summed E-state index contributed by atoms with van der Waals surface area (Å²) < 4.78 is 10.9. The van der Waals surface area contributed by atoms with Crippen molar-refractivity contribution in [2.24, 2.45) is 5.10 Å². The number of carbonyl (C=O) groups is 2. The Morgan fingerprint density at radius 2 is 2.36 bits per heavy atom. The molecule has 1 saturated heterocycles. The van der Waals surface area contributed by atoms with Gasteiger partial charge in [0.05, 0.1) is 23.5 Å². The maximum absolute atomic E-state index is 11.5. The fourth-order valence-corrected chi connectivity index (χ4v) is 2.97. The van der Waals surface area contributed by atoms with Gasteiger partial charge in [0.2, 0.25) is 0 Å². The number of hydrogen-bond acceptors (Lipinski definition) is 7. The summed E-state index contributed by atoms with van der Waals surface area (Å²) in [6, 6.07) is 5.19. The normalized spacial score (nSPS) is 14.7. The highest BCUT2D eigenvalue weighted by molar-refractivity contribution is 9.10. The van der Waals surface area contributed by atoms with E-state index < -0.39 is 5.97 Å². The van der Waals surface area contributed by atoms with Crippen LogP contribution in [0.2, 0.25) is 0 Å². The molecule has 0 unspecified atom stereocenters. The number of methoxy groups -OCH3 is 1. The van der Waals surface area contributed by atoms with E-state index in [4.69, 9.17) is 17.0 Å². The second-order valence-electron chi connectivity index (χ2n) is 4.06. The maximum Gasteiger partial charge on any atom is 0.343 e. The zero-order valence-electron chi connectivity index (χ0n) is 11.4. The van der Waals surface area contributed by atoms with Gasteiger partial charge in [0.25, 0.3) is 5.91 Å². The van der Waals surface area contributed by atoms with Gasteiger partial charge in [0.15, 0.2) is 10.9 Å². The van der Waals surface area contributed by atoms with Crippen LogP contribution in [0.4, 0.5) is 0 Å². The van der Waals surface area contributed by atoms with Crippen LogP contribution in [0.25, 0.3) is 0 Å². The molecule has 22 heavy (non-hydrogen) atoms. The summed E-state index contributed by atoms with van der Waals surface area (Å²) in [5, 5.41) is 5.28. The van der Waals surface area contributed by atoms with Crippen LogP contribution in [-0.2, 0) is 14.3 Å². The van der Waals surface area contributed by atoms with Crippen LogP contribution in [0.3, 0.4) is 0 Å². The Bertz CT molecular complexity index is 635. The van der Waals surface area contributed by atoms with Crippen LogP contribution >= 0.6 is 39.9 Å². The lowest BCUT2D eigenvalue weighted by Gasteiger charge is -2.08. The monoisotopic (exact) mass is 402 g/mol. The molecule has 0 bridgehead atoms. The van der Waals surface area contributed by atoms with Gasteiger partial charge in [0.1, 0.15) is 5.75 Å². The first-order chi connectivity index (χ1) is 10.5. The molecule has 1 fully saturated rings. The predicted molar refractivity (Wildman–Crippen MR) is 91.1 cm³/mol. The van der Waals surface area contributed by atoms with E-state index in [1.54, 1.807) is 18.2 Å². The van der Waals surface area contributed by atoms with Crippen LogP contribution in [0, 0.1) is 0 Å². The molecule has 0 radical (unpaired) electrons. The van der Waals surface area contributed by atoms with Crippen molar-refractivity contribution in [3.8, 4) is 5.75 Å². The third-order valence-corrected chi connectivity index (χ3v) is 4.54. The van der Waals surface area contributed by atoms with Gasteiger partial charge in [-0.05, 0) is 39.7 Å². The van der Waals surface area contributed by atoms with Crippen LogP contribution in [0.1, 0.15) is 5.56 Å². The summed E-state index contributed by atoms with van der Waals surface area (Å²) in [7, 11) is 1.29. The average Bonchev–Trinajstić information content (AvgIpc) is 2.82. The van der Waals surface area contributed by atoms with Crippen molar-refractivity contribution in [1.29, 1.82) is 0 Å². The first-order valence-corrected chi connectivity index (χ1v) is 8.23. The Hall–Kier alpha value is -1.45. The highest BCUT2D eigenvalue weighted by Gasteiger charge is 2.25. The summed E-state index contributed by atoms with van der Waals surface area (Å²) >= 11 is 9.66. The van der Waals surface area contributed by atoms with E-state index in [1.807, 2.05) is 0 Å². The molecule has 116 valence electrons. The standard InChI is InChI=1S/C13H11BrN2O4S2/c1-19-12(18)6-20-10-3-2-8(4-9(10)14)5-15-16-11(17)7-22-13(16)21/h2-5H,6-7H2,1H3/b15-5+. The van der Waals surface area contributed by atoms with Gasteiger partial charge in [-0.2, -0.15) is 10.1 Å². The summed E-state index contributed by atoms with van der Waals surface area (Å²) in [4.78, 5) is 22.6. The molecule has 9 heteroatoms. The summed E-state index contributed by atoms with van der Waals surface area (Å²) in [6.07, 6.45) is 1.53. The van der Waals surface area contributed by atoms with Gasteiger partial charge in [-0.25, -0.2) is 4.79 Å². The Morgan fingerprint density at radius 1 is 1.59 bits per heavy atom. The predicted octanol–water partition coefficient (Wildman–Crippen LogP) is 2.20. The van der Waals surface area contributed by atoms with Gasteiger partial charge in [-0.1, -0.05) is 24.0 Å². The fraction of sp³-hybridized carbons (Fsp3) is 0.231. The van der Waals surface area contributed by atoms with Crippen LogP contribution in [-0.4, -0.2) is 46.9 Å². The van der Waals surface area contributed by atoms with Gasteiger partial charge >= 0.3 is 5.97 Å². The topological polar surface area (TPSA) is 68.2 Å². The van der Waals surface area contributed by atoms with Crippen molar-refractivity contribution < 1.29 is 19.1 Å². The van der Waals surface area contributed by atoms with Crippen LogP contribution in [0.15, 0.2) is 27.8 Å². The number of thioether (sulfide) groups is 1. The van der Waals surface area contributed by atoms with E-state index in [2.05, 4.69) is 25.8 Å². The quantitative estimate of drug-likeness (QED) is 0.427. The molecule has 1 aliphatic heterocycles. The van der Waals surface area contributed by atoms with E-state index in [-0.39, 0.29) is 12.5 Å². The molecule has 0 saturated carbocycles. The zero-order valence-corrected chi connectivity index (χ0v) is 14.7. The van der Waals surface area contributed by atoms with Crippen molar-refractivity contribution in [2.75, 3.05) is 19.5 Å². The number of ether oxygens (including phenoxy) is 2. The minimum atomic E-state index is -0.462. The highest BCUT2D eigenvalue weighted by Crippen LogP contribution is 2.26. The lowest BCUT2D eigenvalue weighted by molar-refractivity contribution is -0.142. The molecule has 1 amide bonds. The summed E-state index contributed by atoms with van der Waals surface area (Å²) in [5.74, 6) is 0.227. The highest BCUT2D eigenvalue weighted by atomic mass is 79.9. The summed E-state index contributed by atoms with van der Waals surface area (Å²) in [6.45, 7) is -0.170. The van der Waals surface area contributed by atoms with E-state index in [9.17, 15) is 9.59 Å². The van der Waals surface area contributed by atoms with Gasteiger partial charge in [0, 0.05) is 0 Å². The van der Waals surface area contributed by atoms with Crippen LogP contribution in [0.5, 0.6) is 5.75 Å². The fourth-order valence-electron chi connectivity index (χ4n) is 1.49. The third kappa shape index (κ3) is 4.28. The third-order valence-electron chi connectivity index (χ3n) is 2.58. The second kappa shape index (κ2) is 7.70. The molecule has 6 nitrogen and oxygen atoms in total. The molecule has 0 atom stereocenters. The molecular weight excluding hydrogens is 392 g/mol. The number of benzene rings is 1.